The maximum atomic E-state index is 12.8. The highest BCUT2D eigenvalue weighted by Crippen LogP contribution is 2.36. The van der Waals surface area contributed by atoms with E-state index in [1.807, 2.05) is 37.3 Å². The zero-order chi connectivity index (χ0) is 29.5. The Labute approximate surface area is 242 Å². The zero-order valence-electron chi connectivity index (χ0n) is 23.5. The van der Waals surface area contributed by atoms with Crippen molar-refractivity contribution in [2.75, 3.05) is 34.2 Å². The highest BCUT2D eigenvalue weighted by Gasteiger charge is 2.21. The molecule has 4 aromatic rings. The number of oxazole rings is 1. The standard InChI is InChI=1S/C31H30N2O9/c1-20-26(32-30(41-20)22-6-13-27-28(16-22)40-19-39-27)14-15-38-24-7-4-21(5-8-24)17-33(18-29(34)37-3)31(35)42-25-11-9-23(36-2)10-12-25/h4-13,16H,14-15,17-19H2,1-3H3. The fraction of sp³-hybridized carbons (Fsp3) is 0.258. The summed E-state index contributed by atoms with van der Waals surface area (Å²) >= 11 is 0. The highest BCUT2D eigenvalue weighted by atomic mass is 16.7. The summed E-state index contributed by atoms with van der Waals surface area (Å²) < 4.78 is 37.9. The number of benzene rings is 3. The number of carbonyl (C=O) groups excluding carboxylic acids is 2. The monoisotopic (exact) mass is 574 g/mol. The lowest BCUT2D eigenvalue weighted by molar-refractivity contribution is -0.141. The smallest absolute Gasteiger partial charge is 0.416 e. The number of ether oxygens (including phenoxy) is 6. The lowest BCUT2D eigenvalue weighted by Gasteiger charge is -2.21. The summed E-state index contributed by atoms with van der Waals surface area (Å²) in [7, 11) is 2.81. The molecule has 42 heavy (non-hydrogen) atoms. The van der Waals surface area contributed by atoms with E-state index >= 15 is 0 Å². The SMILES string of the molecule is COC(=O)CN(Cc1ccc(OCCc2nc(-c3ccc4c(c3)OCO4)oc2C)cc1)C(=O)Oc1ccc(OC)cc1. The molecule has 1 aromatic heterocycles. The van der Waals surface area contributed by atoms with Crippen LogP contribution < -0.4 is 23.7 Å². The van der Waals surface area contributed by atoms with Gasteiger partial charge in [0.05, 0.1) is 26.5 Å². The van der Waals surface area contributed by atoms with Crippen molar-refractivity contribution < 1.29 is 42.4 Å². The van der Waals surface area contributed by atoms with Gasteiger partial charge in [-0.05, 0) is 67.1 Å². The van der Waals surface area contributed by atoms with E-state index in [-0.39, 0.29) is 19.9 Å². The van der Waals surface area contributed by atoms with Crippen molar-refractivity contribution in [1.29, 1.82) is 0 Å². The Hall–Kier alpha value is -5.19. The quantitative estimate of drug-likeness (QED) is 0.222. The van der Waals surface area contributed by atoms with Crippen LogP contribution in [0.15, 0.2) is 71.1 Å². The molecule has 0 spiro atoms. The van der Waals surface area contributed by atoms with E-state index in [4.69, 9.17) is 32.8 Å². The fourth-order valence-electron chi connectivity index (χ4n) is 4.20. The molecule has 2 heterocycles. The van der Waals surface area contributed by atoms with Crippen LogP contribution in [0.1, 0.15) is 17.0 Å². The third-order valence-electron chi connectivity index (χ3n) is 6.49. The molecule has 1 aliphatic rings. The first kappa shape index (κ1) is 28.3. The Morgan fingerprint density at radius 3 is 2.36 bits per heavy atom. The summed E-state index contributed by atoms with van der Waals surface area (Å²) in [5.74, 6) is 3.63. The summed E-state index contributed by atoms with van der Waals surface area (Å²) in [6.45, 7) is 2.32. The number of fused-ring (bicyclic) bond motifs is 1. The summed E-state index contributed by atoms with van der Waals surface area (Å²) in [5, 5.41) is 0. The molecule has 3 aromatic carbocycles. The van der Waals surface area contributed by atoms with Crippen molar-refractivity contribution in [1.82, 2.24) is 9.88 Å². The lowest BCUT2D eigenvalue weighted by atomic mass is 10.2. The molecule has 1 amide bonds. The molecule has 0 atom stereocenters. The van der Waals surface area contributed by atoms with E-state index < -0.39 is 12.1 Å². The molecule has 0 fully saturated rings. The summed E-state index contributed by atoms with van der Waals surface area (Å²) in [6, 6.07) is 19.4. The van der Waals surface area contributed by atoms with Gasteiger partial charge in [-0.3, -0.25) is 9.69 Å². The minimum absolute atomic E-state index is 0.130. The van der Waals surface area contributed by atoms with Gasteiger partial charge in [0.25, 0.3) is 0 Å². The predicted molar refractivity (Wildman–Crippen MR) is 150 cm³/mol. The van der Waals surface area contributed by atoms with Crippen LogP contribution in [0.4, 0.5) is 4.79 Å². The molecule has 5 rings (SSSR count). The normalized spacial score (nSPS) is 11.6. The van der Waals surface area contributed by atoms with Gasteiger partial charge in [0.2, 0.25) is 12.7 Å². The van der Waals surface area contributed by atoms with Crippen LogP contribution in [-0.2, 0) is 22.5 Å². The van der Waals surface area contributed by atoms with Crippen molar-refractivity contribution >= 4 is 12.1 Å². The first-order valence-corrected chi connectivity index (χ1v) is 13.2. The highest BCUT2D eigenvalue weighted by molar-refractivity contribution is 5.79. The minimum Gasteiger partial charge on any atom is -0.497 e. The summed E-state index contributed by atoms with van der Waals surface area (Å²) in [6.07, 6.45) is -0.139. The number of methoxy groups -OCH3 is 2. The van der Waals surface area contributed by atoms with Gasteiger partial charge in [0.15, 0.2) is 11.5 Å². The van der Waals surface area contributed by atoms with E-state index in [0.29, 0.717) is 53.4 Å². The number of carbonyl (C=O) groups is 2. The molecule has 218 valence electrons. The van der Waals surface area contributed by atoms with Crippen LogP contribution in [0.3, 0.4) is 0 Å². The van der Waals surface area contributed by atoms with Gasteiger partial charge in [-0.2, -0.15) is 0 Å². The lowest BCUT2D eigenvalue weighted by Crippen LogP contribution is -2.37. The molecule has 11 nitrogen and oxygen atoms in total. The molecule has 0 aliphatic carbocycles. The van der Waals surface area contributed by atoms with Gasteiger partial charge < -0.3 is 32.8 Å². The Balaban J connectivity index is 1.16. The van der Waals surface area contributed by atoms with Crippen LogP contribution in [0.25, 0.3) is 11.5 Å². The van der Waals surface area contributed by atoms with Crippen LogP contribution in [0.5, 0.6) is 28.7 Å². The molecular weight excluding hydrogens is 544 g/mol. The number of aromatic nitrogens is 1. The number of rotatable bonds is 11. The average Bonchev–Trinajstić information content (AvgIpc) is 3.63. The van der Waals surface area contributed by atoms with Crippen LogP contribution >= 0.6 is 0 Å². The first-order chi connectivity index (χ1) is 20.4. The number of amides is 1. The molecule has 0 saturated carbocycles. The van der Waals surface area contributed by atoms with Crippen molar-refractivity contribution in [2.24, 2.45) is 0 Å². The molecule has 11 heteroatoms. The van der Waals surface area contributed by atoms with Crippen molar-refractivity contribution in [3.05, 3.63) is 83.7 Å². The maximum absolute atomic E-state index is 12.8. The van der Waals surface area contributed by atoms with Crippen molar-refractivity contribution in [3.8, 4) is 40.2 Å². The molecular formula is C31H30N2O9. The Kier molecular flexibility index (Phi) is 8.76. The Morgan fingerprint density at radius 1 is 0.905 bits per heavy atom. The van der Waals surface area contributed by atoms with Crippen molar-refractivity contribution in [3.63, 3.8) is 0 Å². The summed E-state index contributed by atoms with van der Waals surface area (Å²) in [4.78, 5) is 30.7. The van der Waals surface area contributed by atoms with E-state index in [0.717, 1.165) is 16.8 Å². The van der Waals surface area contributed by atoms with Crippen LogP contribution in [-0.4, -0.2) is 56.1 Å². The van der Waals surface area contributed by atoms with Crippen LogP contribution in [0, 0.1) is 6.92 Å². The van der Waals surface area contributed by atoms with E-state index in [1.54, 1.807) is 43.5 Å². The molecule has 0 unspecified atom stereocenters. The number of aryl methyl sites for hydroxylation is 1. The van der Waals surface area contributed by atoms with Gasteiger partial charge in [-0.15, -0.1) is 0 Å². The minimum atomic E-state index is -0.686. The van der Waals surface area contributed by atoms with Gasteiger partial charge in [-0.25, -0.2) is 9.78 Å². The Bertz CT molecular complexity index is 1530. The Morgan fingerprint density at radius 2 is 1.62 bits per heavy atom. The van der Waals surface area contributed by atoms with Crippen LogP contribution in [0.2, 0.25) is 0 Å². The second kappa shape index (κ2) is 13.0. The largest absolute Gasteiger partial charge is 0.497 e. The van der Waals surface area contributed by atoms with E-state index in [9.17, 15) is 9.59 Å². The average molecular weight is 575 g/mol. The topological polar surface area (TPSA) is 119 Å². The number of nitrogens with zero attached hydrogens (tertiary/aromatic N) is 2. The third kappa shape index (κ3) is 6.92. The van der Waals surface area contributed by atoms with Crippen molar-refractivity contribution in [2.45, 2.75) is 19.9 Å². The molecule has 0 bridgehead atoms. The number of esters is 1. The molecule has 0 saturated heterocycles. The van der Waals surface area contributed by atoms with Gasteiger partial charge in [0, 0.05) is 18.5 Å². The van der Waals surface area contributed by atoms with Gasteiger partial charge in [-0.1, -0.05) is 12.1 Å². The predicted octanol–water partition coefficient (Wildman–Crippen LogP) is 5.18. The fourth-order valence-corrected chi connectivity index (χ4v) is 4.20. The molecule has 0 radical (unpaired) electrons. The molecule has 0 N–H and O–H groups in total. The van der Waals surface area contributed by atoms with Gasteiger partial charge >= 0.3 is 12.1 Å². The molecule has 1 aliphatic heterocycles. The first-order valence-electron chi connectivity index (χ1n) is 13.2. The number of hydrogen-bond acceptors (Lipinski definition) is 10. The second-order valence-electron chi connectivity index (χ2n) is 9.31. The second-order valence-corrected chi connectivity index (χ2v) is 9.31. The van der Waals surface area contributed by atoms with E-state index in [1.165, 1.54) is 12.0 Å². The van der Waals surface area contributed by atoms with Gasteiger partial charge in [0.1, 0.15) is 29.6 Å². The van der Waals surface area contributed by atoms with E-state index in [2.05, 4.69) is 4.98 Å². The maximum Gasteiger partial charge on any atom is 0.416 e. The number of hydrogen-bond donors (Lipinski definition) is 0. The summed E-state index contributed by atoms with van der Waals surface area (Å²) in [5.41, 5.74) is 2.38. The zero-order valence-corrected chi connectivity index (χ0v) is 23.5. The third-order valence-corrected chi connectivity index (χ3v) is 6.49.